The highest BCUT2D eigenvalue weighted by molar-refractivity contribution is 7.98. The van der Waals surface area contributed by atoms with Gasteiger partial charge in [-0.05, 0) is 26.1 Å². The molecule has 2 atom stereocenters. The molecule has 1 aromatic rings. The van der Waals surface area contributed by atoms with Gasteiger partial charge in [-0.15, -0.1) is 0 Å². The largest absolute Gasteiger partial charge is 0.339 e. The van der Waals surface area contributed by atoms with E-state index >= 15 is 0 Å². The summed E-state index contributed by atoms with van der Waals surface area (Å²) in [6.45, 7) is 6.41. The number of nitrogens with one attached hydrogen (secondary N) is 1. The second-order valence-electron chi connectivity index (χ2n) is 3.78. The van der Waals surface area contributed by atoms with E-state index in [2.05, 4.69) is 36.2 Å². The van der Waals surface area contributed by atoms with Crippen molar-refractivity contribution in [3.05, 3.63) is 11.7 Å². The molecule has 0 fully saturated rings. The molecule has 0 spiro atoms. The summed E-state index contributed by atoms with van der Waals surface area (Å²) in [6, 6.07) is 0.358. The lowest BCUT2D eigenvalue weighted by molar-refractivity contribution is 0.320. The number of aromatic nitrogens is 2. The van der Waals surface area contributed by atoms with Crippen molar-refractivity contribution in [3.63, 3.8) is 0 Å². The minimum Gasteiger partial charge on any atom is -0.339 e. The molecule has 1 aromatic heterocycles. The Morgan fingerprint density at radius 3 is 2.75 bits per heavy atom. The summed E-state index contributed by atoms with van der Waals surface area (Å²) in [4.78, 5) is 4.45. The topological polar surface area (TPSA) is 51.0 Å². The molecule has 0 bridgehead atoms. The molecule has 0 saturated heterocycles. The number of hydrogen-bond donors (Lipinski definition) is 1. The molecule has 5 heteroatoms. The predicted octanol–water partition coefficient (Wildman–Crippen LogP) is 2.42. The van der Waals surface area contributed by atoms with Crippen LogP contribution in [0.5, 0.6) is 0 Å². The monoisotopic (exact) mass is 243 g/mol. The summed E-state index contributed by atoms with van der Waals surface area (Å²) in [5.74, 6) is 3.79. The lowest BCUT2D eigenvalue weighted by atomic mass is 9.98. The van der Waals surface area contributed by atoms with E-state index in [0.29, 0.717) is 12.0 Å². The van der Waals surface area contributed by atoms with Gasteiger partial charge in [0.25, 0.3) is 0 Å². The van der Waals surface area contributed by atoms with Crippen molar-refractivity contribution >= 4 is 11.8 Å². The van der Waals surface area contributed by atoms with Crippen LogP contribution in [0.3, 0.4) is 0 Å². The normalized spacial score (nSPS) is 15.0. The first-order chi connectivity index (χ1) is 7.72. The fourth-order valence-corrected chi connectivity index (χ4v) is 2.12. The van der Waals surface area contributed by atoms with Crippen molar-refractivity contribution in [2.24, 2.45) is 0 Å². The Morgan fingerprint density at radius 2 is 2.19 bits per heavy atom. The maximum atomic E-state index is 5.32. The van der Waals surface area contributed by atoms with E-state index in [1.54, 1.807) is 0 Å². The van der Waals surface area contributed by atoms with Crippen molar-refractivity contribution in [3.8, 4) is 0 Å². The molecule has 0 saturated carbocycles. The number of nitrogens with zero attached hydrogens (tertiary/aromatic N) is 2. The van der Waals surface area contributed by atoms with Crippen LogP contribution in [-0.2, 0) is 5.75 Å². The van der Waals surface area contributed by atoms with Crippen molar-refractivity contribution in [1.29, 1.82) is 0 Å². The van der Waals surface area contributed by atoms with Crippen LogP contribution in [0.1, 0.15) is 44.8 Å². The first-order valence-electron chi connectivity index (χ1n) is 5.80. The lowest BCUT2D eigenvalue weighted by Crippen LogP contribution is -2.28. The Labute approximate surface area is 102 Å². The summed E-state index contributed by atoms with van der Waals surface area (Å²) in [7, 11) is 1.96. The molecule has 16 heavy (non-hydrogen) atoms. The molecule has 1 rings (SSSR count). The van der Waals surface area contributed by atoms with E-state index < -0.39 is 0 Å². The number of rotatable bonds is 7. The lowest BCUT2D eigenvalue weighted by Gasteiger charge is -2.17. The third-order valence-corrected chi connectivity index (χ3v) is 3.61. The van der Waals surface area contributed by atoms with Crippen molar-refractivity contribution in [2.75, 3.05) is 12.8 Å². The van der Waals surface area contributed by atoms with Gasteiger partial charge in [-0.25, -0.2) is 0 Å². The van der Waals surface area contributed by atoms with Gasteiger partial charge in [0.15, 0.2) is 5.82 Å². The van der Waals surface area contributed by atoms with Crippen molar-refractivity contribution in [2.45, 2.75) is 44.9 Å². The Morgan fingerprint density at radius 1 is 1.44 bits per heavy atom. The van der Waals surface area contributed by atoms with Gasteiger partial charge in [0, 0.05) is 6.04 Å². The molecular formula is C11H21N3OS. The third kappa shape index (κ3) is 3.49. The van der Waals surface area contributed by atoms with Gasteiger partial charge < -0.3 is 9.84 Å². The van der Waals surface area contributed by atoms with Crippen LogP contribution in [0, 0.1) is 0 Å². The molecule has 0 aliphatic carbocycles. The highest BCUT2D eigenvalue weighted by atomic mass is 32.2. The zero-order valence-electron chi connectivity index (χ0n) is 10.5. The minimum atomic E-state index is 0.304. The fraction of sp³-hybridized carbons (Fsp3) is 0.818. The van der Waals surface area contributed by atoms with Gasteiger partial charge >= 0.3 is 0 Å². The standard InChI is InChI=1S/C11H21N3OS/c1-5-9(8(3)12-4)11-13-10(14-15-11)7-16-6-2/h8-9,12H,5-7H2,1-4H3. The van der Waals surface area contributed by atoms with Crippen LogP contribution in [0.25, 0.3) is 0 Å². The Kier molecular flexibility index (Phi) is 5.84. The molecular weight excluding hydrogens is 222 g/mol. The molecule has 0 amide bonds. The highest BCUT2D eigenvalue weighted by Crippen LogP contribution is 2.22. The van der Waals surface area contributed by atoms with Gasteiger partial charge in [-0.1, -0.05) is 19.0 Å². The van der Waals surface area contributed by atoms with E-state index in [4.69, 9.17) is 4.52 Å². The van der Waals surface area contributed by atoms with Gasteiger partial charge in [0.1, 0.15) is 0 Å². The maximum Gasteiger partial charge on any atom is 0.231 e. The summed E-state index contributed by atoms with van der Waals surface area (Å²) in [5, 5.41) is 7.24. The Bertz CT molecular complexity index is 303. The molecule has 0 aliphatic rings. The van der Waals surface area contributed by atoms with Crippen LogP contribution in [0.4, 0.5) is 0 Å². The summed E-state index contributed by atoms with van der Waals surface area (Å²) < 4.78 is 5.32. The van der Waals surface area contributed by atoms with Crippen LogP contribution in [0.15, 0.2) is 4.52 Å². The van der Waals surface area contributed by atoms with Crippen LogP contribution >= 0.6 is 11.8 Å². The second kappa shape index (κ2) is 6.91. The molecule has 1 heterocycles. The molecule has 0 aromatic carbocycles. The van der Waals surface area contributed by atoms with Crippen LogP contribution < -0.4 is 5.32 Å². The van der Waals surface area contributed by atoms with Gasteiger partial charge in [-0.3, -0.25) is 0 Å². The molecule has 92 valence electrons. The molecule has 0 aliphatic heterocycles. The number of thioether (sulfide) groups is 1. The first kappa shape index (κ1) is 13.5. The molecule has 2 unspecified atom stereocenters. The zero-order valence-corrected chi connectivity index (χ0v) is 11.3. The first-order valence-corrected chi connectivity index (χ1v) is 6.95. The summed E-state index contributed by atoms with van der Waals surface area (Å²) in [6.07, 6.45) is 1.00. The predicted molar refractivity (Wildman–Crippen MR) is 67.7 cm³/mol. The second-order valence-corrected chi connectivity index (χ2v) is 5.05. The summed E-state index contributed by atoms with van der Waals surface area (Å²) in [5.41, 5.74) is 0. The smallest absolute Gasteiger partial charge is 0.231 e. The highest BCUT2D eigenvalue weighted by Gasteiger charge is 2.22. The van der Waals surface area contributed by atoms with E-state index in [9.17, 15) is 0 Å². The summed E-state index contributed by atoms with van der Waals surface area (Å²) >= 11 is 1.81. The van der Waals surface area contributed by atoms with Crippen LogP contribution in [0.2, 0.25) is 0 Å². The maximum absolute atomic E-state index is 5.32. The zero-order chi connectivity index (χ0) is 12.0. The molecule has 1 N–H and O–H groups in total. The van der Waals surface area contributed by atoms with Crippen molar-refractivity contribution in [1.82, 2.24) is 15.5 Å². The average molecular weight is 243 g/mol. The Balaban J connectivity index is 2.66. The number of likely N-dealkylation sites (N-methyl/N-ethyl adjacent to an activating group) is 1. The van der Waals surface area contributed by atoms with Crippen LogP contribution in [-0.4, -0.2) is 29.0 Å². The fourth-order valence-electron chi connectivity index (χ4n) is 1.61. The average Bonchev–Trinajstić information content (AvgIpc) is 2.75. The number of hydrogen-bond acceptors (Lipinski definition) is 5. The van der Waals surface area contributed by atoms with E-state index in [1.165, 1.54) is 0 Å². The Hall–Kier alpha value is -0.550. The van der Waals surface area contributed by atoms with E-state index in [0.717, 1.165) is 29.6 Å². The van der Waals surface area contributed by atoms with E-state index in [1.807, 2.05) is 18.8 Å². The SMILES string of the molecule is CCSCc1noc(C(CC)C(C)NC)n1. The minimum absolute atomic E-state index is 0.304. The molecule has 4 nitrogen and oxygen atoms in total. The van der Waals surface area contributed by atoms with E-state index in [-0.39, 0.29) is 0 Å². The van der Waals surface area contributed by atoms with Crippen molar-refractivity contribution < 1.29 is 4.52 Å². The quantitative estimate of drug-likeness (QED) is 0.797. The third-order valence-electron chi connectivity index (χ3n) is 2.74. The van der Waals surface area contributed by atoms with Gasteiger partial charge in [0.05, 0.1) is 11.7 Å². The molecule has 0 radical (unpaired) electrons. The van der Waals surface area contributed by atoms with Gasteiger partial charge in [-0.2, -0.15) is 16.7 Å². The van der Waals surface area contributed by atoms with Gasteiger partial charge in [0.2, 0.25) is 5.89 Å².